The fraction of sp³-hybridized carbons (Fsp3) is 0.0588. The molecule has 0 aliphatic rings. The van der Waals surface area contributed by atoms with E-state index in [-0.39, 0.29) is 0 Å². The van der Waals surface area contributed by atoms with E-state index in [1.807, 2.05) is 18.2 Å². The number of benzene rings is 1. The predicted octanol–water partition coefficient (Wildman–Crippen LogP) is 3.36. The molecule has 0 aliphatic heterocycles. The van der Waals surface area contributed by atoms with Crippen molar-refractivity contribution in [3.63, 3.8) is 0 Å². The molecule has 0 aliphatic carbocycles. The van der Waals surface area contributed by atoms with Gasteiger partial charge in [0.2, 0.25) is 0 Å². The fourth-order valence-corrected chi connectivity index (χ4v) is 1.61. The van der Waals surface area contributed by atoms with Gasteiger partial charge in [-0.05, 0) is 0 Å². The zero-order valence-corrected chi connectivity index (χ0v) is 10.2. The van der Waals surface area contributed by atoms with Gasteiger partial charge in [-0.3, -0.25) is 0 Å². The van der Waals surface area contributed by atoms with Crippen molar-refractivity contribution in [2.75, 3.05) is 0 Å². The Bertz CT molecular complexity index is 514. The van der Waals surface area contributed by atoms with Gasteiger partial charge in [0.05, 0.1) is 0 Å². The Morgan fingerprint density at radius 2 is 1.89 bits per heavy atom. The maximum Gasteiger partial charge on any atom is 0.176 e. The minimum absolute atomic E-state index is 0.575. The van der Waals surface area contributed by atoms with Crippen LogP contribution in [0.15, 0.2) is 79.4 Å². The van der Waals surface area contributed by atoms with Gasteiger partial charge in [-0.25, -0.2) is 0 Å². The lowest BCUT2D eigenvalue weighted by Crippen LogP contribution is -2.25. The van der Waals surface area contributed by atoms with Crippen LogP contribution in [-0.4, -0.2) is 5.11 Å². The van der Waals surface area contributed by atoms with Crippen molar-refractivity contribution < 1.29 is 5.11 Å². The molecule has 0 saturated heterocycles. The van der Waals surface area contributed by atoms with Crippen molar-refractivity contribution in [1.29, 1.82) is 0 Å². The Balaban J connectivity index is 3.34. The van der Waals surface area contributed by atoms with Gasteiger partial charge in [-0.2, -0.15) is 0 Å². The highest BCUT2D eigenvalue weighted by Gasteiger charge is 2.29. The summed E-state index contributed by atoms with van der Waals surface area (Å²) in [6.07, 6.45) is 13.9. The summed E-state index contributed by atoms with van der Waals surface area (Å²) in [6.45, 7) is 7.23. The molecule has 1 N–H and O–H groups in total. The summed E-state index contributed by atoms with van der Waals surface area (Å²) in [5, 5.41) is 10.7. The standard InChI is InChI=1S/C17H16O/c1-4-7-12-15(11-5-2)17(18,6-3)16-13-9-8-10-14-16/h3-5,7-14,18H,1-2H2/b12-7-,15-11+. The van der Waals surface area contributed by atoms with Crippen molar-refractivity contribution in [3.8, 4) is 12.3 Å². The summed E-state index contributed by atoms with van der Waals surface area (Å²) in [5.74, 6) is 2.44. The molecule has 0 spiro atoms. The second-order valence-electron chi connectivity index (χ2n) is 3.67. The fourth-order valence-electron chi connectivity index (χ4n) is 1.61. The van der Waals surface area contributed by atoms with E-state index in [0.29, 0.717) is 11.1 Å². The lowest BCUT2D eigenvalue weighted by atomic mass is 9.86. The number of hydrogen-bond acceptors (Lipinski definition) is 1. The average Bonchev–Trinajstić information content (AvgIpc) is 2.43. The quantitative estimate of drug-likeness (QED) is 0.614. The van der Waals surface area contributed by atoms with Gasteiger partial charge >= 0.3 is 0 Å². The van der Waals surface area contributed by atoms with Crippen LogP contribution in [0.1, 0.15) is 5.56 Å². The number of terminal acetylenes is 1. The monoisotopic (exact) mass is 236 g/mol. The summed E-state index contributed by atoms with van der Waals surface area (Å²) < 4.78 is 0. The van der Waals surface area contributed by atoms with Crippen LogP contribution in [0, 0.1) is 12.3 Å². The number of hydrogen-bond donors (Lipinski definition) is 1. The first-order valence-corrected chi connectivity index (χ1v) is 5.57. The highest BCUT2D eigenvalue weighted by Crippen LogP contribution is 2.29. The molecule has 0 saturated carbocycles. The molecular weight excluding hydrogens is 220 g/mol. The maximum atomic E-state index is 10.7. The molecule has 1 nitrogen and oxygen atoms in total. The van der Waals surface area contributed by atoms with Crippen molar-refractivity contribution >= 4 is 0 Å². The molecule has 0 aromatic heterocycles. The normalized spacial score (nSPS) is 14.8. The third kappa shape index (κ3) is 2.88. The lowest BCUT2D eigenvalue weighted by molar-refractivity contribution is 0.144. The molecule has 0 bridgehead atoms. The van der Waals surface area contributed by atoms with E-state index in [0.717, 1.165) is 0 Å². The van der Waals surface area contributed by atoms with E-state index < -0.39 is 5.60 Å². The van der Waals surface area contributed by atoms with E-state index in [9.17, 15) is 5.11 Å². The summed E-state index contributed by atoms with van der Waals surface area (Å²) in [4.78, 5) is 0. The minimum Gasteiger partial charge on any atom is -0.369 e. The van der Waals surface area contributed by atoms with Gasteiger partial charge < -0.3 is 5.11 Å². The van der Waals surface area contributed by atoms with E-state index >= 15 is 0 Å². The SMILES string of the molecule is C#CC(O)(C(/C=C\C=C)=C/C=C)c1ccccc1. The first-order chi connectivity index (χ1) is 8.69. The molecule has 1 aromatic rings. The Hall–Kier alpha value is -2.30. The Labute approximate surface area is 108 Å². The molecule has 1 heteroatoms. The van der Waals surface area contributed by atoms with Gasteiger partial charge in [-0.15, -0.1) is 6.42 Å². The van der Waals surface area contributed by atoms with Crippen LogP contribution in [0.4, 0.5) is 0 Å². The lowest BCUT2D eigenvalue weighted by Gasteiger charge is -2.24. The van der Waals surface area contributed by atoms with Gasteiger partial charge in [0.25, 0.3) is 0 Å². The second-order valence-corrected chi connectivity index (χ2v) is 3.67. The van der Waals surface area contributed by atoms with Crippen LogP contribution in [0.5, 0.6) is 0 Å². The van der Waals surface area contributed by atoms with Crippen LogP contribution in [0.2, 0.25) is 0 Å². The smallest absolute Gasteiger partial charge is 0.176 e. The van der Waals surface area contributed by atoms with E-state index in [1.54, 1.807) is 42.5 Å². The second kappa shape index (κ2) is 6.44. The summed E-state index contributed by atoms with van der Waals surface area (Å²) in [7, 11) is 0. The molecule has 90 valence electrons. The molecule has 0 radical (unpaired) electrons. The third-order valence-electron chi connectivity index (χ3n) is 2.53. The van der Waals surface area contributed by atoms with Crippen LogP contribution in [-0.2, 0) is 5.60 Å². The van der Waals surface area contributed by atoms with E-state index in [2.05, 4.69) is 19.1 Å². The van der Waals surface area contributed by atoms with Gasteiger partial charge in [0, 0.05) is 11.1 Å². The highest BCUT2D eigenvalue weighted by molar-refractivity contribution is 5.47. The van der Waals surface area contributed by atoms with Crippen LogP contribution < -0.4 is 0 Å². The van der Waals surface area contributed by atoms with Crippen LogP contribution >= 0.6 is 0 Å². The van der Waals surface area contributed by atoms with Crippen LogP contribution in [0.25, 0.3) is 0 Å². The number of rotatable bonds is 5. The zero-order chi connectivity index (χ0) is 13.4. The first kappa shape index (κ1) is 13.8. The molecule has 1 aromatic carbocycles. The summed E-state index contributed by atoms with van der Waals surface area (Å²) >= 11 is 0. The van der Waals surface area contributed by atoms with Gasteiger partial charge in [0.1, 0.15) is 0 Å². The molecule has 0 heterocycles. The molecule has 18 heavy (non-hydrogen) atoms. The molecule has 0 amide bonds. The molecular formula is C17H16O. The van der Waals surface area contributed by atoms with Gasteiger partial charge in [0.15, 0.2) is 5.60 Å². The predicted molar refractivity (Wildman–Crippen MR) is 76.8 cm³/mol. The topological polar surface area (TPSA) is 20.2 Å². The summed E-state index contributed by atoms with van der Waals surface area (Å²) in [6, 6.07) is 9.12. The van der Waals surface area contributed by atoms with Crippen LogP contribution in [0.3, 0.4) is 0 Å². The molecule has 1 unspecified atom stereocenters. The zero-order valence-electron chi connectivity index (χ0n) is 10.2. The number of aliphatic hydroxyl groups is 1. The molecule has 1 rings (SSSR count). The van der Waals surface area contributed by atoms with Crippen molar-refractivity contribution in [2.24, 2.45) is 0 Å². The Morgan fingerprint density at radius 3 is 2.39 bits per heavy atom. The first-order valence-electron chi connectivity index (χ1n) is 5.57. The van der Waals surface area contributed by atoms with Crippen molar-refractivity contribution in [3.05, 3.63) is 85.0 Å². The third-order valence-corrected chi connectivity index (χ3v) is 2.53. The van der Waals surface area contributed by atoms with Gasteiger partial charge in [-0.1, -0.05) is 79.8 Å². The largest absolute Gasteiger partial charge is 0.369 e. The molecule has 0 fully saturated rings. The van der Waals surface area contributed by atoms with E-state index in [1.165, 1.54) is 0 Å². The highest BCUT2D eigenvalue weighted by atomic mass is 16.3. The average molecular weight is 236 g/mol. The minimum atomic E-state index is -1.46. The Kier molecular flexibility index (Phi) is 4.92. The Morgan fingerprint density at radius 1 is 1.22 bits per heavy atom. The maximum absolute atomic E-state index is 10.7. The van der Waals surface area contributed by atoms with Crippen molar-refractivity contribution in [2.45, 2.75) is 5.60 Å². The summed E-state index contributed by atoms with van der Waals surface area (Å²) in [5.41, 5.74) is -0.241. The van der Waals surface area contributed by atoms with E-state index in [4.69, 9.17) is 6.42 Å². The number of allylic oxidation sites excluding steroid dienone is 4. The van der Waals surface area contributed by atoms with Crippen molar-refractivity contribution in [1.82, 2.24) is 0 Å². The molecule has 1 atom stereocenters.